The molecule has 5 heteroatoms. The normalized spacial score (nSPS) is 16.4. The van der Waals surface area contributed by atoms with Gasteiger partial charge in [0.25, 0.3) is 0 Å². The summed E-state index contributed by atoms with van der Waals surface area (Å²) in [5, 5.41) is 6.95. The van der Waals surface area contributed by atoms with Crippen LogP contribution in [0.15, 0.2) is 59.6 Å². The first kappa shape index (κ1) is 20.2. The Morgan fingerprint density at radius 3 is 2.39 bits per heavy atom. The van der Waals surface area contributed by atoms with Gasteiger partial charge in [-0.1, -0.05) is 42.5 Å². The zero-order chi connectivity index (χ0) is 19.7. The maximum atomic E-state index is 5.64. The van der Waals surface area contributed by atoms with Gasteiger partial charge in [-0.05, 0) is 43.0 Å². The van der Waals surface area contributed by atoms with Crippen LogP contribution in [-0.2, 0) is 16.7 Å². The van der Waals surface area contributed by atoms with Gasteiger partial charge < -0.3 is 20.1 Å². The van der Waals surface area contributed by atoms with Crippen LogP contribution in [0.1, 0.15) is 30.9 Å². The molecule has 150 valence electrons. The van der Waals surface area contributed by atoms with E-state index in [0.717, 1.165) is 56.4 Å². The van der Waals surface area contributed by atoms with E-state index in [1.165, 1.54) is 5.56 Å². The molecule has 0 aliphatic carbocycles. The minimum atomic E-state index is 0.0792. The van der Waals surface area contributed by atoms with Gasteiger partial charge in [-0.25, -0.2) is 4.99 Å². The van der Waals surface area contributed by atoms with Gasteiger partial charge in [-0.2, -0.15) is 0 Å². The Hall–Kier alpha value is -2.53. The minimum absolute atomic E-state index is 0.0792. The van der Waals surface area contributed by atoms with Crippen LogP contribution in [0.4, 0.5) is 0 Å². The SMILES string of the molecule is CCNC(=NCc1ccc(OC)cc1)NCC1(c2ccccc2)CCOCC1. The van der Waals surface area contributed by atoms with E-state index in [0.29, 0.717) is 6.54 Å². The number of aliphatic imine (C=N–C) groups is 1. The predicted molar refractivity (Wildman–Crippen MR) is 114 cm³/mol. The lowest BCUT2D eigenvalue weighted by Gasteiger charge is -2.38. The van der Waals surface area contributed by atoms with Crippen molar-refractivity contribution < 1.29 is 9.47 Å². The molecule has 0 radical (unpaired) electrons. The van der Waals surface area contributed by atoms with Crippen molar-refractivity contribution in [3.8, 4) is 5.75 Å². The average molecular weight is 382 g/mol. The summed E-state index contributed by atoms with van der Waals surface area (Å²) in [5.74, 6) is 1.71. The fourth-order valence-corrected chi connectivity index (χ4v) is 3.62. The number of benzene rings is 2. The van der Waals surface area contributed by atoms with Crippen molar-refractivity contribution in [3.05, 3.63) is 65.7 Å². The smallest absolute Gasteiger partial charge is 0.191 e. The maximum Gasteiger partial charge on any atom is 0.191 e. The van der Waals surface area contributed by atoms with E-state index < -0.39 is 0 Å². The average Bonchev–Trinajstić information content (AvgIpc) is 2.77. The van der Waals surface area contributed by atoms with Gasteiger partial charge in [0.05, 0.1) is 13.7 Å². The molecule has 1 fully saturated rings. The number of ether oxygens (including phenoxy) is 2. The Morgan fingerprint density at radius 2 is 1.75 bits per heavy atom. The first-order chi connectivity index (χ1) is 13.8. The fourth-order valence-electron chi connectivity index (χ4n) is 3.62. The fraction of sp³-hybridized carbons (Fsp3) is 0.435. The molecular formula is C23H31N3O2. The van der Waals surface area contributed by atoms with Gasteiger partial charge in [0.2, 0.25) is 0 Å². The molecule has 1 aliphatic heterocycles. The van der Waals surface area contributed by atoms with E-state index in [1.54, 1.807) is 7.11 Å². The summed E-state index contributed by atoms with van der Waals surface area (Å²) in [6, 6.07) is 18.8. The van der Waals surface area contributed by atoms with E-state index >= 15 is 0 Å². The first-order valence-electron chi connectivity index (χ1n) is 10.0. The van der Waals surface area contributed by atoms with Gasteiger partial charge in [0.1, 0.15) is 5.75 Å². The van der Waals surface area contributed by atoms with E-state index in [4.69, 9.17) is 14.5 Å². The highest BCUT2D eigenvalue weighted by Crippen LogP contribution is 2.34. The second-order valence-electron chi connectivity index (χ2n) is 7.16. The predicted octanol–water partition coefficient (Wildman–Crippen LogP) is 3.50. The van der Waals surface area contributed by atoms with Crippen LogP contribution in [0, 0.1) is 0 Å². The lowest BCUT2D eigenvalue weighted by atomic mass is 9.74. The van der Waals surface area contributed by atoms with Gasteiger partial charge in [-0.3, -0.25) is 0 Å². The van der Waals surface area contributed by atoms with Crippen LogP contribution < -0.4 is 15.4 Å². The molecular weight excluding hydrogens is 350 g/mol. The molecule has 3 rings (SSSR count). The molecule has 1 aliphatic rings. The van der Waals surface area contributed by atoms with Crippen molar-refractivity contribution in [1.82, 2.24) is 10.6 Å². The molecule has 1 saturated heterocycles. The van der Waals surface area contributed by atoms with Crippen molar-refractivity contribution in [2.75, 3.05) is 33.4 Å². The minimum Gasteiger partial charge on any atom is -0.497 e. The zero-order valence-electron chi connectivity index (χ0n) is 16.9. The highest BCUT2D eigenvalue weighted by atomic mass is 16.5. The molecule has 5 nitrogen and oxygen atoms in total. The number of nitrogens with zero attached hydrogens (tertiary/aromatic N) is 1. The molecule has 2 N–H and O–H groups in total. The number of methoxy groups -OCH3 is 1. The molecule has 0 atom stereocenters. The number of nitrogens with one attached hydrogen (secondary N) is 2. The molecule has 0 aromatic heterocycles. The van der Waals surface area contributed by atoms with E-state index in [-0.39, 0.29) is 5.41 Å². The lowest BCUT2D eigenvalue weighted by molar-refractivity contribution is 0.0514. The Balaban J connectivity index is 1.69. The summed E-state index contributed by atoms with van der Waals surface area (Å²) in [6.45, 7) is 5.99. The third-order valence-corrected chi connectivity index (χ3v) is 5.35. The summed E-state index contributed by atoms with van der Waals surface area (Å²) in [7, 11) is 1.68. The third-order valence-electron chi connectivity index (χ3n) is 5.35. The second kappa shape index (κ2) is 10.1. The lowest BCUT2D eigenvalue weighted by Crippen LogP contribution is -2.48. The molecule has 1 heterocycles. The standard InChI is InChI=1S/C23H31N3O2/c1-3-24-22(25-17-19-9-11-21(27-2)12-10-19)26-18-23(13-15-28-16-14-23)20-7-5-4-6-8-20/h4-12H,3,13-18H2,1-2H3,(H2,24,25,26). The van der Waals surface area contributed by atoms with Crippen molar-refractivity contribution in [2.24, 2.45) is 4.99 Å². The van der Waals surface area contributed by atoms with Crippen molar-refractivity contribution >= 4 is 5.96 Å². The Labute approximate surface area is 168 Å². The topological polar surface area (TPSA) is 54.9 Å². The van der Waals surface area contributed by atoms with E-state index in [1.807, 2.05) is 12.1 Å². The van der Waals surface area contributed by atoms with E-state index in [9.17, 15) is 0 Å². The summed E-state index contributed by atoms with van der Waals surface area (Å²) in [4.78, 5) is 4.77. The van der Waals surface area contributed by atoms with Gasteiger partial charge in [0, 0.05) is 31.7 Å². The van der Waals surface area contributed by atoms with Crippen LogP contribution in [0.5, 0.6) is 5.75 Å². The van der Waals surface area contributed by atoms with Gasteiger partial charge >= 0.3 is 0 Å². The van der Waals surface area contributed by atoms with Crippen LogP contribution in [0.3, 0.4) is 0 Å². The van der Waals surface area contributed by atoms with Crippen LogP contribution in [0.2, 0.25) is 0 Å². The molecule has 2 aromatic rings. The molecule has 2 aromatic carbocycles. The molecule has 28 heavy (non-hydrogen) atoms. The number of hydrogen-bond donors (Lipinski definition) is 2. The number of guanidine groups is 1. The molecule has 0 saturated carbocycles. The Kier molecular flexibility index (Phi) is 7.31. The molecule has 0 amide bonds. The monoisotopic (exact) mass is 381 g/mol. The summed E-state index contributed by atoms with van der Waals surface area (Å²) in [6.07, 6.45) is 2.03. The Morgan fingerprint density at radius 1 is 1.04 bits per heavy atom. The largest absolute Gasteiger partial charge is 0.497 e. The van der Waals surface area contributed by atoms with Crippen LogP contribution in [-0.4, -0.2) is 39.4 Å². The van der Waals surface area contributed by atoms with Gasteiger partial charge in [0.15, 0.2) is 5.96 Å². The van der Waals surface area contributed by atoms with Crippen molar-refractivity contribution in [1.29, 1.82) is 0 Å². The third kappa shape index (κ3) is 5.26. The number of rotatable bonds is 7. The summed E-state index contributed by atoms with van der Waals surface area (Å²) in [5.41, 5.74) is 2.61. The van der Waals surface area contributed by atoms with Gasteiger partial charge in [-0.15, -0.1) is 0 Å². The van der Waals surface area contributed by atoms with Crippen LogP contribution in [0.25, 0.3) is 0 Å². The molecule has 0 unspecified atom stereocenters. The first-order valence-corrected chi connectivity index (χ1v) is 10.0. The highest BCUT2D eigenvalue weighted by molar-refractivity contribution is 5.79. The van der Waals surface area contributed by atoms with E-state index in [2.05, 4.69) is 60.0 Å². The zero-order valence-corrected chi connectivity index (χ0v) is 16.9. The summed E-state index contributed by atoms with van der Waals surface area (Å²) < 4.78 is 10.9. The van der Waals surface area contributed by atoms with Crippen molar-refractivity contribution in [3.63, 3.8) is 0 Å². The highest BCUT2D eigenvalue weighted by Gasteiger charge is 2.34. The molecule has 0 spiro atoms. The quantitative estimate of drug-likeness (QED) is 0.569. The Bertz CT molecular complexity index is 738. The van der Waals surface area contributed by atoms with Crippen molar-refractivity contribution in [2.45, 2.75) is 31.7 Å². The molecule has 0 bridgehead atoms. The van der Waals surface area contributed by atoms with Crippen LogP contribution >= 0.6 is 0 Å². The second-order valence-corrected chi connectivity index (χ2v) is 7.16. The maximum absolute atomic E-state index is 5.64. The number of hydrogen-bond acceptors (Lipinski definition) is 3. The summed E-state index contributed by atoms with van der Waals surface area (Å²) >= 11 is 0.